The van der Waals surface area contributed by atoms with E-state index in [4.69, 9.17) is 4.52 Å². The molecular weight excluding hydrogens is 280 g/mol. The summed E-state index contributed by atoms with van der Waals surface area (Å²) >= 11 is 1.30. The quantitative estimate of drug-likeness (QED) is 0.838. The molecule has 108 valence electrons. The van der Waals surface area contributed by atoms with Gasteiger partial charge in [-0.15, -0.1) is 5.10 Å². The van der Waals surface area contributed by atoms with Gasteiger partial charge in [0.15, 0.2) is 5.82 Å². The number of carbonyl (C=O) groups is 1. The third kappa shape index (κ3) is 3.35. The van der Waals surface area contributed by atoms with Crippen LogP contribution < -0.4 is 5.32 Å². The maximum Gasteiger partial charge on any atom is 0.238 e. The molecule has 0 spiro atoms. The summed E-state index contributed by atoms with van der Waals surface area (Å²) in [4.78, 5) is 12.0. The number of tetrazole rings is 1. The van der Waals surface area contributed by atoms with Gasteiger partial charge >= 0.3 is 0 Å². The Morgan fingerprint density at radius 3 is 2.80 bits per heavy atom. The Labute approximate surface area is 120 Å². The first-order chi connectivity index (χ1) is 9.47. The van der Waals surface area contributed by atoms with Crippen LogP contribution in [0.1, 0.15) is 32.6 Å². The van der Waals surface area contributed by atoms with Crippen LogP contribution in [-0.4, -0.2) is 36.5 Å². The largest absolute Gasteiger partial charge is 0.360 e. The van der Waals surface area contributed by atoms with Crippen molar-refractivity contribution in [3.05, 3.63) is 11.8 Å². The Balaban J connectivity index is 1.98. The molecule has 0 aliphatic rings. The van der Waals surface area contributed by atoms with E-state index in [0.717, 1.165) is 0 Å². The van der Waals surface area contributed by atoms with Crippen LogP contribution in [0.3, 0.4) is 0 Å². The zero-order chi connectivity index (χ0) is 14.7. The van der Waals surface area contributed by atoms with E-state index in [2.05, 4.69) is 26.0 Å². The SMILES string of the molecule is Cc1cc(NC(=O)[C@H](C)Sc2nnnn2C(C)C)no1. The Morgan fingerprint density at radius 2 is 2.20 bits per heavy atom. The first kappa shape index (κ1) is 14.5. The second-order valence-corrected chi connectivity index (χ2v) is 5.88. The Morgan fingerprint density at radius 1 is 1.45 bits per heavy atom. The summed E-state index contributed by atoms with van der Waals surface area (Å²) in [6.07, 6.45) is 0. The van der Waals surface area contributed by atoms with E-state index in [1.165, 1.54) is 11.8 Å². The maximum atomic E-state index is 12.0. The van der Waals surface area contributed by atoms with Gasteiger partial charge in [0.2, 0.25) is 11.1 Å². The number of nitrogens with zero attached hydrogens (tertiary/aromatic N) is 5. The van der Waals surface area contributed by atoms with Crippen molar-refractivity contribution in [3.8, 4) is 0 Å². The third-order valence-corrected chi connectivity index (χ3v) is 3.53. The van der Waals surface area contributed by atoms with Crippen LogP contribution in [0.2, 0.25) is 0 Å². The van der Waals surface area contributed by atoms with E-state index in [9.17, 15) is 4.79 Å². The molecule has 0 aliphatic carbocycles. The fourth-order valence-corrected chi connectivity index (χ4v) is 2.37. The maximum absolute atomic E-state index is 12.0. The highest BCUT2D eigenvalue weighted by molar-refractivity contribution is 8.00. The topological polar surface area (TPSA) is 98.7 Å². The number of hydrogen-bond donors (Lipinski definition) is 1. The van der Waals surface area contributed by atoms with Gasteiger partial charge in [-0.05, 0) is 38.1 Å². The monoisotopic (exact) mass is 296 g/mol. The molecule has 20 heavy (non-hydrogen) atoms. The van der Waals surface area contributed by atoms with Crippen LogP contribution in [0, 0.1) is 6.92 Å². The van der Waals surface area contributed by atoms with Gasteiger partial charge in [0, 0.05) is 6.07 Å². The lowest BCUT2D eigenvalue weighted by atomic mass is 10.4. The normalized spacial score (nSPS) is 12.7. The van der Waals surface area contributed by atoms with Gasteiger partial charge in [-0.1, -0.05) is 16.9 Å². The molecule has 0 saturated carbocycles. The minimum Gasteiger partial charge on any atom is -0.360 e. The summed E-state index contributed by atoms with van der Waals surface area (Å²) in [5.74, 6) is 0.870. The van der Waals surface area contributed by atoms with E-state index in [0.29, 0.717) is 16.7 Å². The van der Waals surface area contributed by atoms with E-state index in [-0.39, 0.29) is 17.2 Å². The number of nitrogens with one attached hydrogen (secondary N) is 1. The predicted molar refractivity (Wildman–Crippen MR) is 73.4 cm³/mol. The summed E-state index contributed by atoms with van der Waals surface area (Å²) < 4.78 is 6.57. The van der Waals surface area contributed by atoms with E-state index < -0.39 is 0 Å². The molecule has 1 amide bonds. The number of aromatic nitrogens is 5. The van der Waals surface area contributed by atoms with E-state index in [1.54, 1.807) is 24.6 Å². The van der Waals surface area contributed by atoms with Gasteiger partial charge in [0.1, 0.15) is 5.76 Å². The number of hydrogen-bond acceptors (Lipinski definition) is 7. The van der Waals surface area contributed by atoms with Crippen LogP contribution in [0.25, 0.3) is 0 Å². The average Bonchev–Trinajstić information content (AvgIpc) is 2.98. The zero-order valence-electron chi connectivity index (χ0n) is 11.7. The van der Waals surface area contributed by atoms with E-state index in [1.807, 2.05) is 13.8 Å². The molecule has 0 fully saturated rings. The zero-order valence-corrected chi connectivity index (χ0v) is 12.5. The standard InChI is InChI=1S/C11H16N6O2S/c1-6(2)17-11(13-15-16-17)20-8(4)10(18)12-9-5-7(3)19-14-9/h5-6,8H,1-4H3,(H,12,14,18)/t8-/m0/s1. The van der Waals surface area contributed by atoms with Crippen molar-refractivity contribution in [1.29, 1.82) is 0 Å². The summed E-state index contributed by atoms with van der Waals surface area (Å²) in [5.41, 5.74) is 0. The highest BCUT2D eigenvalue weighted by Gasteiger charge is 2.20. The van der Waals surface area contributed by atoms with Gasteiger partial charge < -0.3 is 9.84 Å². The fraction of sp³-hybridized carbons (Fsp3) is 0.545. The summed E-state index contributed by atoms with van der Waals surface area (Å²) in [5, 5.41) is 18.1. The second kappa shape index (κ2) is 6.04. The molecule has 0 radical (unpaired) electrons. The van der Waals surface area contributed by atoms with Crippen molar-refractivity contribution in [1.82, 2.24) is 25.4 Å². The molecule has 1 atom stereocenters. The van der Waals surface area contributed by atoms with Gasteiger partial charge in [0.25, 0.3) is 0 Å². The lowest BCUT2D eigenvalue weighted by molar-refractivity contribution is -0.115. The van der Waals surface area contributed by atoms with Crippen molar-refractivity contribution in [2.24, 2.45) is 0 Å². The van der Waals surface area contributed by atoms with Gasteiger partial charge in [-0.3, -0.25) is 4.79 Å². The number of thioether (sulfide) groups is 1. The molecule has 0 unspecified atom stereocenters. The van der Waals surface area contributed by atoms with Gasteiger partial charge in [-0.2, -0.15) is 0 Å². The lowest BCUT2D eigenvalue weighted by Crippen LogP contribution is -2.23. The van der Waals surface area contributed by atoms with Crippen LogP contribution >= 0.6 is 11.8 Å². The molecule has 2 heterocycles. The van der Waals surface area contributed by atoms with Crippen LogP contribution in [0.5, 0.6) is 0 Å². The summed E-state index contributed by atoms with van der Waals surface area (Å²) in [7, 11) is 0. The highest BCUT2D eigenvalue weighted by Crippen LogP contribution is 2.23. The number of aryl methyl sites for hydroxylation is 1. The number of carbonyl (C=O) groups excluding carboxylic acids is 1. The number of rotatable bonds is 5. The molecule has 2 aromatic heterocycles. The molecule has 0 aromatic carbocycles. The Hall–Kier alpha value is -1.90. The Kier molecular flexibility index (Phi) is 4.38. The third-order valence-electron chi connectivity index (χ3n) is 2.48. The molecule has 0 saturated heterocycles. The van der Waals surface area contributed by atoms with Crippen molar-refractivity contribution in [3.63, 3.8) is 0 Å². The lowest BCUT2D eigenvalue weighted by Gasteiger charge is -2.11. The minimum absolute atomic E-state index is 0.140. The molecule has 2 rings (SSSR count). The van der Waals surface area contributed by atoms with Gasteiger partial charge in [0.05, 0.1) is 11.3 Å². The molecule has 2 aromatic rings. The van der Waals surface area contributed by atoms with Crippen molar-refractivity contribution in [2.45, 2.75) is 44.1 Å². The minimum atomic E-state index is -0.351. The van der Waals surface area contributed by atoms with Crippen molar-refractivity contribution < 1.29 is 9.32 Å². The van der Waals surface area contributed by atoms with Crippen LogP contribution in [0.15, 0.2) is 15.7 Å². The highest BCUT2D eigenvalue weighted by atomic mass is 32.2. The molecule has 8 nitrogen and oxygen atoms in total. The molecule has 0 aliphatic heterocycles. The number of amides is 1. The molecular formula is C11H16N6O2S. The second-order valence-electron chi connectivity index (χ2n) is 4.57. The van der Waals surface area contributed by atoms with Crippen molar-refractivity contribution >= 4 is 23.5 Å². The Bertz CT molecular complexity index is 593. The van der Waals surface area contributed by atoms with Crippen LogP contribution in [-0.2, 0) is 4.79 Å². The molecule has 9 heteroatoms. The van der Waals surface area contributed by atoms with Gasteiger partial charge in [-0.25, -0.2) is 4.68 Å². The first-order valence-corrected chi connectivity index (χ1v) is 7.04. The summed E-state index contributed by atoms with van der Waals surface area (Å²) in [6.45, 7) is 7.50. The molecule has 1 N–H and O–H groups in total. The predicted octanol–water partition coefficient (Wildman–Crippen LogP) is 1.67. The number of anilines is 1. The average molecular weight is 296 g/mol. The van der Waals surface area contributed by atoms with E-state index >= 15 is 0 Å². The summed E-state index contributed by atoms with van der Waals surface area (Å²) in [6, 6.07) is 1.80. The molecule has 0 bridgehead atoms. The van der Waals surface area contributed by atoms with Crippen LogP contribution in [0.4, 0.5) is 5.82 Å². The first-order valence-electron chi connectivity index (χ1n) is 6.16. The smallest absolute Gasteiger partial charge is 0.238 e. The fourth-order valence-electron chi connectivity index (χ4n) is 1.45. The van der Waals surface area contributed by atoms with Crippen molar-refractivity contribution in [2.75, 3.05) is 5.32 Å².